The van der Waals surface area contributed by atoms with Crippen molar-refractivity contribution >= 4 is 11.6 Å². The van der Waals surface area contributed by atoms with E-state index >= 15 is 0 Å². The van der Waals surface area contributed by atoms with Gasteiger partial charge in [0, 0.05) is 20.1 Å². The minimum Gasteiger partial charge on any atom is -0.389 e. The molecule has 0 atom stereocenters. The molecule has 2 N–H and O–H groups in total. The number of aromatic nitrogens is 2. The van der Waals surface area contributed by atoms with Crippen LogP contribution in [-0.4, -0.2) is 27.0 Å². The van der Waals surface area contributed by atoms with Crippen LogP contribution in [0, 0.1) is 6.92 Å². The number of halogens is 1. The molecule has 1 aromatic heterocycles. The van der Waals surface area contributed by atoms with E-state index in [4.69, 9.17) is 11.6 Å². The van der Waals surface area contributed by atoms with Crippen molar-refractivity contribution in [2.45, 2.75) is 32.9 Å². The van der Waals surface area contributed by atoms with E-state index in [2.05, 4.69) is 10.4 Å². The van der Waals surface area contributed by atoms with Crippen LogP contribution in [0.3, 0.4) is 0 Å². The van der Waals surface area contributed by atoms with Crippen molar-refractivity contribution < 1.29 is 5.11 Å². The zero-order chi connectivity index (χ0) is 11.6. The molecule has 0 radical (unpaired) electrons. The third kappa shape index (κ3) is 3.48. The van der Waals surface area contributed by atoms with Crippen molar-refractivity contribution in [3.63, 3.8) is 0 Å². The fraction of sp³-hybridized carbons (Fsp3) is 0.700. The molecule has 15 heavy (non-hydrogen) atoms. The Morgan fingerprint density at radius 1 is 1.53 bits per heavy atom. The van der Waals surface area contributed by atoms with Gasteiger partial charge >= 0.3 is 0 Å². The summed E-state index contributed by atoms with van der Waals surface area (Å²) in [6, 6.07) is 0. The molecule has 0 saturated heterocycles. The summed E-state index contributed by atoms with van der Waals surface area (Å²) in [4.78, 5) is 0. The maximum atomic E-state index is 9.52. The highest BCUT2D eigenvalue weighted by Crippen LogP contribution is 2.18. The molecule has 1 heterocycles. The van der Waals surface area contributed by atoms with Crippen molar-refractivity contribution in [3.05, 3.63) is 16.4 Å². The van der Waals surface area contributed by atoms with Crippen molar-refractivity contribution in [2.24, 2.45) is 7.05 Å². The summed E-state index contributed by atoms with van der Waals surface area (Å²) in [7, 11) is 1.86. The first-order valence-electron chi connectivity index (χ1n) is 4.92. The molecule has 0 unspecified atom stereocenters. The number of aryl methyl sites for hydroxylation is 2. The average molecular weight is 232 g/mol. The van der Waals surface area contributed by atoms with Gasteiger partial charge in [-0.25, -0.2) is 0 Å². The Bertz CT molecular complexity index is 341. The Kier molecular flexibility index (Phi) is 3.76. The highest BCUT2D eigenvalue weighted by Gasteiger charge is 2.14. The van der Waals surface area contributed by atoms with E-state index in [9.17, 15) is 5.11 Å². The Labute approximate surface area is 95.2 Å². The zero-order valence-corrected chi connectivity index (χ0v) is 10.4. The van der Waals surface area contributed by atoms with Crippen LogP contribution in [0.15, 0.2) is 0 Å². The van der Waals surface area contributed by atoms with Crippen LogP contribution in [-0.2, 0) is 13.6 Å². The third-order valence-electron chi connectivity index (χ3n) is 2.11. The lowest BCUT2D eigenvalue weighted by atomic mass is 10.1. The van der Waals surface area contributed by atoms with E-state index in [0.717, 1.165) is 11.4 Å². The number of rotatable bonds is 4. The molecule has 4 nitrogen and oxygen atoms in total. The minimum absolute atomic E-state index is 0.521. The molecule has 0 spiro atoms. The summed E-state index contributed by atoms with van der Waals surface area (Å²) >= 11 is 6.08. The molecule has 0 aliphatic rings. The number of hydrogen-bond donors (Lipinski definition) is 2. The second kappa shape index (κ2) is 4.51. The Morgan fingerprint density at radius 3 is 2.53 bits per heavy atom. The lowest BCUT2D eigenvalue weighted by Gasteiger charge is -2.17. The first-order chi connectivity index (χ1) is 6.81. The highest BCUT2D eigenvalue weighted by molar-refractivity contribution is 6.31. The Balaban J connectivity index is 2.58. The highest BCUT2D eigenvalue weighted by atomic mass is 35.5. The zero-order valence-electron chi connectivity index (χ0n) is 9.63. The van der Waals surface area contributed by atoms with Gasteiger partial charge in [0.2, 0.25) is 0 Å². The van der Waals surface area contributed by atoms with Crippen LogP contribution >= 0.6 is 11.6 Å². The van der Waals surface area contributed by atoms with Gasteiger partial charge in [-0.15, -0.1) is 0 Å². The summed E-state index contributed by atoms with van der Waals surface area (Å²) in [5.41, 5.74) is 1.07. The second-order valence-electron chi connectivity index (χ2n) is 4.39. The monoisotopic (exact) mass is 231 g/mol. The van der Waals surface area contributed by atoms with E-state index < -0.39 is 5.60 Å². The third-order valence-corrected chi connectivity index (χ3v) is 2.60. The van der Waals surface area contributed by atoms with Gasteiger partial charge in [-0.2, -0.15) is 5.10 Å². The molecule has 0 saturated carbocycles. The molecule has 0 bridgehead atoms. The van der Waals surface area contributed by atoms with E-state index in [1.165, 1.54) is 0 Å². The largest absolute Gasteiger partial charge is 0.389 e. The van der Waals surface area contributed by atoms with Crippen molar-refractivity contribution in [2.75, 3.05) is 6.54 Å². The molecule has 0 aliphatic carbocycles. The van der Waals surface area contributed by atoms with Gasteiger partial charge < -0.3 is 10.4 Å². The molecule has 0 fully saturated rings. The van der Waals surface area contributed by atoms with E-state index in [0.29, 0.717) is 18.1 Å². The molecular weight excluding hydrogens is 214 g/mol. The smallest absolute Gasteiger partial charge is 0.0860 e. The summed E-state index contributed by atoms with van der Waals surface area (Å²) < 4.78 is 1.76. The van der Waals surface area contributed by atoms with Crippen LogP contribution in [0.1, 0.15) is 25.2 Å². The number of hydrogen-bond acceptors (Lipinski definition) is 3. The molecule has 86 valence electrons. The summed E-state index contributed by atoms with van der Waals surface area (Å²) in [6.07, 6.45) is 0. The van der Waals surface area contributed by atoms with E-state index in [1.54, 1.807) is 18.5 Å². The van der Waals surface area contributed by atoms with Crippen molar-refractivity contribution in [1.82, 2.24) is 15.1 Å². The number of nitrogens with zero attached hydrogens (tertiary/aromatic N) is 2. The average Bonchev–Trinajstić information content (AvgIpc) is 2.29. The Morgan fingerprint density at radius 2 is 2.13 bits per heavy atom. The molecule has 1 rings (SSSR count). The fourth-order valence-corrected chi connectivity index (χ4v) is 1.59. The summed E-state index contributed by atoms with van der Waals surface area (Å²) in [6.45, 7) is 6.53. The predicted molar refractivity (Wildman–Crippen MR) is 61.0 cm³/mol. The lowest BCUT2D eigenvalue weighted by molar-refractivity contribution is 0.0793. The first kappa shape index (κ1) is 12.5. The van der Waals surface area contributed by atoms with Gasteiger partial charge in [0.25, 0.3) is 0 Å². The SMILES string of the molecule is Cc1nn(C)c(CNCC(C)(C)O)c1Cl. The minimum atomic E-state index is -0.708. The molecule has 0 amide bonds. The van der Waals surface area contributed by atoms with Crippen molar-refractivity contribution in [1.29, 1.82) is 0 Å². The van der Waals surface area contributed by atoms with Crippen LogP contribution in [0.25, 0.3) is 0 Å². The van der Waals surface area contributed by atoms with Crippen LogP contribution < -0.4 is 5.32 Å². The predicted octanol–water partition coefficient (Wildman–Crippen LogP) is 1.24. The molecular formula is C10H18ClN3O. The van der Waals surface area contributed by atoms with Gasteiger partial charge in [-0.05, 0) is 20.8 Å². The van der Waals surface area contributed by atoms with Gasteiger partial charge in [-0.1, -0.05) is 11.6 Å². The lowest BCUT2D eigenvalue weighted by Crippen LogP contribution is -2.34. The second-order valence-corrected chi connectivity index (χ2v) is 4.76. The van der Waals surface area contributed by atoms with Gasteiger partial charge in [-0.3, -0.25) is 4.68 Å². The fourth-order valence-electron chi connectivity index (χ4n) is 1.36. The first-order valence-corrected chi connectivity index (χ1v) is 5.30. The van der Waals surface area contributed by atoms with E-state index in [-0.39, 0.29) is 0 Å². The molecule has 1 aromatic rings. The van der Waals surface area contributed by atoms with Gasteiger partial charge in [0.05, 0.1) is 22.0 Å². The van der Waals surface area contributed by atoms with Crippen LogP contribution in [0.5, 0.6) is 0 Å². The molecule has 0 aromatic carbocycles. The summed E-state index contributed by atoms with van der Waals surface area (Å²) in [5, 5.41) is 17.6. The Hall–Kier alpha value is -0.580. The maximum Gasteiger partial charge on any atom is 0.0860 e. The van der Waals surface area contributed by atoms with Crippen molar-refractivity contribution in [3.8, 4) is 0 Å². The normalized spacial score (nSPS) is 12.1. The number of nitrogens with one attached hydrogen (secondary N) is 1. The van der Waals surface area contributed by atoms with Gasteiger partial charge in [0.15, 0.2) is 0 Å². The summed E-state index contributed by atoms with van der Waals surface area (Å²) in [5.74, 6) is 0. The van der Waals surface area contributed by atoms with Crippen LogP contribution in [0.2, 0.25) is 5.02 Å². The standard InChI is InChI=1S/C10H18ClN3O/c1-7-9(11)8(14(4)13-7)5-12-6-10(2,3)15/h12,15H,5-6H2,1-4H3. The quantitative estimate of drug-likeness (QED) is 0.820. The molecule has 5 heteroatoms. The van der Waals surface area contributed by atoms with E-state index in [1.807, 2.05) is 14.0 Å². The van der Waals surface area contributed by atoms with Crippen LogP contribution in [0.4, 0.5) is 0 Å². The maximum absolute atomic E-state index is 9.52. The molecule has 0 aliphatic heterocycles. The van der Waals surface area contributed by atoms with Gasteiger partial charge in [0.1, 0.15) is 0 Å². The number of aliphatic hydroxyl groups is 1. The topological polar surface area (TPSA) is 50.1 Å².